The van der Waals surface area contributed by atoms with E-state index in [2.05, 4.69) is 58.0 Å². The molecule has 82 valence electrons. The van der Waals surface area contributed by atoms with Gasteiger partial charge in [-0.25, -0.2) is 0 Å². The second-order valence-corrected chi connectivity index (χ2v) is 6.65. The van der Waals surface area contributed by atoms with Gasteiger partial charge in [0, 0.05) is 8.95 Å². The summed E-state index contributed by atoms with van der Waals surface area (Å²) < 4.78 is 2.85. The van der Waals surface area contributed by atoms with Crippen LogP contribution in [0.2, 0.25) is 0 Å². The lowest BCUT2D eigenvalue weighted by molar-refractivity contribution is 0.552. The summed E-state index contributed by atoms with van der Waals surface area (Å²) in [5.74, 6) is 0. The van der Waals surface area contributed by atoms with Crippen LogP contribution in [0.3, 0.4) is 0 Å². The summed E-state index contributed by atoms with van der Waals surface area (Å²) in [7, 11) is 0. The van der Waals surface area contributed by atoms with Crippen LogP contribution in [0.25, 0.3) is 0 Å². The Hall–Kier alpha value is 0.260. The van der Waals surface area contributed by atoms with Crippen molar-refractivity contribution < 1.29 is 0 Å². The van der Waals surface area contributed by atoms with Gasteiger partial charge in [-0.1, -0.05) is 15.9 Å². The van der Waals surface area contributed by atoms with Gasteiger partial charge in [0.2, 0.25) is 0 Å². The van der Waals surface area contributed by atoms with Gasteiger partial charge in [0.05, 0.1) is 10.0 Å². The Morgan fingerprint density at radius 3 is 2.20 bits per heavy atom. The number of hydrogen-bond donors (Lipinski definition) is 0. The SMILES string of the molecule is CC(C)(C)N=Nc1cc(Br)cc(Br)c1Br. The standard InChI is InChI=1S/C10H11Br3N2/c1-10(2,3)15-14-8-5-6(11)4-7(12)9(8)13/h4-5H,1-3H3. The molecule has 15 heavy (non-hydrogen) atoms. The lowest BCUT2D eigenvalue weighted by Crippen LogP contribution is -2.07. The van der Waals surface area contributed by atoms with E-state index in [1.807, 2.05) is 32.9 Å². The summed E-state index contributed by atoms with van der Waals surface area (Å²) in [6, 6.07) is 3.88. The quantitative estimate of drug-likeness (QED) is 0.418. The van der Waals surface area contributed by atoms with Gasteiger partial charge >= 0.3 is 0 Å². The zero-order chi connectivity index (χ0) is 11.6. The van der Waals surface area contributed by atoms with E-state index in [4.69, 9.17) is 0 Å². The summed E-state index contributed by atoms with van der Waals surface area (Å²) in [6.45, 7) is 6.03. The van der Waals surface area contributed by atoms with E-state index in [-0.39, 0.29) is 5.54 Å². The third kappa shape index (κ3) is 4.33. The van der Waals surface area contributed by atoms with Crippen molar-refractivity contribution in [2.24, 2.45) is 10.2 Å². The molecule has 2 nitrogen and oxygen atoms in total. The van der Waals surface area contributed by atoms with Crippen LogP contribution in [-0.2, 0) is 0 Å². The molecular weight excluding hydrogens is 388 g/mol. The minimum atomic E-state index is -0.158. The largest absolute Gasteiger partial charge is 0.183 e. The van der Waals surface area contributed by atoms with Gasteiger partial charge in [0.15, 0.2) is 0 Å². The Balaban J connectivity index is 3.10. The van der Waals surface area contributed by atoms with Crippen LogP contribution in [0.4, 0.5) is 5.69 Å². The average Bonchev–Trinajstić information content (AvgIpc) is 2.07. The lowest BCUT2D eigenvalue weighted by atomic mass is 10.1. The molecule has 1 rings (SSSR count). The normalized spacial score (nSPS) is 12.4. The zero-order valence-corrected chi connectivity index (χ0v) is 13.4. The van der Waals surface area contributed by atoms with Crippen LogP contribution in [0, 0.1) is 0 Å². The third-order valence-electron chi connectivity index (χ3n) is 1.43. The number of nitrogens with zero attached hydrogens (tertiary/aromatic N) is 2. The van der Waals surface area contributed by atoms with E-state index in [0.717, 1.165) is 19.1 Å². The molecule has 0 radical (unpaired) electrons. The summed E-state index contributed by atoms with van der Waals surface area (Å²) in [6.07, 6.45) is 0. The maximum Gasteiger partial charge on any atom is 0.102 e. The first-order chi connectivity index (χ1) is 6.79. The van der Waals surface area contributed by atoms with Crippen molar-refractivity contribution in [3.63, 3.8) is 0 Å². The lowest BCUT2D eigenvalue weighted by Gasteiger charge is -2.09. The zero-order valence-electron chi connectivity index (χ0n) is 8.68. The molecular formula is C10H11Br3N2. The second kappa shape index (κ2) is 5.06. The Bertz CT molecular complexity index is 394. The Labute approximate surface area is 115 Å². The highest BCUT2D eigenvalue weighted by Crippen LogP contribution is 2.36. The molecule has 0 atom stereocenters. The molecule has 0 aliphatic rings. The first-order valence-corrected chi connectivity index (χ1v) is 6.75. The second-order valence-electron chi connectivity index (χ2n) is 4.09. The number of rotatable bonds is 1. The van der Waals surface area contributed by atoms with Crippen LogP contribution in [-0.4, -0.2) is 5.54 Å². The van der Waals surface area contributed by atoms with Crippen molar-refractivity contribution in [1.82, 2.24) is 0 Å². The molecule has 0 aliphatic heterocycles. The fraction of sp³-hybridized carbons (Fsp3) is 0.400. The van der Waals surface area contributed by atoms with Crippen LogP contribution < -0.4 is 0 Å². The Kier molecular flexibility index (Phi) is 4.50. The topological polar surface area (TPSA) is 24.7 Å². The Morgan fingerprint density at radius 1 is 1.07 bits per heavy atom. The van der Waals surface area contributed by atoms with E-state index < -0.39 is 0 Å². The summed E-state index contributed by atoms with van der Waals surface area (Å²) in [4.78, 5) is 0. The minimum Gasteiger partial charge on any atom is -0.183 e. The van der Waals surface area contributed by atoms with Gasteiger partial charge in [-0.2, -0.15) is 10.2 Å². The molecule has 0 bridgehead atoms. The van der Waals surface area contributed by atoms with E-state index in [0.29, 0.717) is 0 Å². The highest BCUT2D eigenvalue weighted by Gasteiger charge is 2.09. The molecule has 0 saturated heterocycles. The van der Waals surface area contributed by atoms with Crippen molar-refractivity contribution in [3.05, 3.63) is 25.6 Å². The monoisotopic (exact) mass is 396 g/mol. The highest BCUT2D eigenvalue weighted by atomic mass is 79.9. The van der Waals surface area contributed by atoms with Crippen LogP contribution in [0.15, 0.2) is 35.8 Å². The Morgan fingerprint density at radius 2 is 1.67 bits per heavy atom. The molecule has 0 heterocycles. The van der Waals surface area contributed by atoms with Crippen molar-refractivity contribution in [2.45, 2.75) is 26.3 Å². The fourth-order valence-corrected chi connectivity index (χ4v) is 2.33. The molecule has 0 N–H and O–H groups in total. The molecule has 0 amide bonds. The molecule has 1 aromatic rings. The summed E-state index contributed by atoms with van der Waals surface area (Å²) >= 11 is 10.3. The van der Waals surface area contributed by atoms with Crippen LogP contribution >= 0.6 is 47.8 Å². The maximum absolute atomic E-state index is 4.22. The smallest absolute Gasteiger partial charge is 0.102 e. The summed E-state index contributed by atoms with van der Waals surface area (Å²) in [5, 5.41) is 8.44. The van der Waals surface area contributed by atoms with Crippen molar-refractivity contribution in [1.29, 1.82) is 0 Å². The van der Waals surface area contributed by atoms with Crippen LogP contribution in [0.1, 0.15) is 20.8 Å². The fourth-order valence-electron chi connectivity index (χ4n) is 0.819. The van der Waals surface area contributed by atoms with E-state index in [1.54, 1.807) is 0 Å². The highest BCUT2D eigenvalue weighted by molar-refractivity contribution is 9.13. The molecule has 0 aromatic heterocycles. The van der Waals surface area contributed by atoms with Crippen LogP contribution in [0.5, 0.6) is 0 Å². The van der Waals surface area contributed by atoms with Crippen molar-refractivity contribution in [3.8, 4) is 0 Å². The van der Waals surface area contributed by atoms with Gasteiger partial charge in [0.25, 0.3) is 0 Å². The van der Waals surface area contributed by atoms with Gasteiger partial charge in [-0.3, -0.25) is 0 Å². The average molecular weight is 399 g/mol. The molecule has 0 saturated carbocycles. The minimum absolute atomic E-state index is 0.158. The van der Waals surface area contributed by atoms with Crippen molar-refractivity contribution >= 4 is 53.5 Å². The molecule has 1 aromatic carbocycles. The van der Waals surface area contributed by atoms with Gasteiger partial charge in [-0.15, -0.1) is 0 Å². The van der Waals surface area contributed by atoms with E-state index in [1.165, 1.54) is 0 Å². The maximum atomic E-state index is 4.22. The number of azo groups is 1. The first kappa shape index (κ1) is 13.3. The summed E-state index contributed by atoms with van der Waals surface area (Å²) in [5.41, 5.74) is 0.653. The first-order valence-electron chi connectivity index (χ1n) is 4.37. The molecule has 0 spiro atoms. The van der Waals surface area contributed by atoms with E-state index >= 15 is 0 Å². The molecule has 0 fully saturated rings. The van der Waals surface area contributed by atoms with Gasteiger partial charge in [-0.05, 0) is 64.8 Å². The number of benzene rings is 1. The third-order valence-corrected chi connectivity index (χ3v) is 3.88. The molecule has 0 aliphatic carbocycles. The number of halogens is 3. The number of hydrogen-bond acceptors (Lipinski definition) is 2. The molecule has 0 unspecified atom stereocenters. The van der Waals surface area contributed by atoms with Crippen molar-refractivity contribution in [2.75, 3.05) is 0 Å². The van der Waals surface area contributed by atoms with Gasteiger partial charge in [0.1, 0.15) is 5.69 Å². The van der Waals surface area contributed by atoms with E-state index in [9.17, 15) is 0 Å². The van der Waals surface area contributed by atoms with Gasteiger partial charge < -0.3 is 0 Å². The predicted octanol–water partition coefficient (Wildman–Crippen LogP) is 5.86. The molecule has 5 heteroatoms. The predicted molar refractivity (Wildman–Crippen MR) is 73.8 cm³/mol.